The third-order valence-corrected chi connectivity index (χ3v) is 4.20. The van der Waals surface area contributed by atoms with Gasteiger partial charge in [0.15, 0.2) is 0 Å². The molecule has 0 spiro atoms. The monoisotopic (exact) mass is 269 g/mol. The van der Waals surface area contributed by atoms with Gasteiger partial charge in [-0.3, -0.25) is 0 Å². The summed E-state index contributed by atoms with van der Waals surface area (Å²) in [6.45, 7) is 5.35. The van der Waals surface area contributed by atoms with Gasteiger partial charge in [-0.1, -0.05) is 15.9 Å². The minimum absolute atomic E-state index is 0.507. The van der Waals surface area contributed by atoms with Crippen LogP contribution in [0.5, 0.6) is 0 Å². The van der Waals surface area contributed by atoms with Crippen molar-refractivity contribution < 1.29 is 0 Å². The number of anilines is 1. The number of rotatable bonds is 1. The molecule has 1 aromatic heterocycles. The quantitative estimate of drug-likeness (QED) is 0.734. The van der Waals surface area contributed by atoms with Crippen LogP contribution in [0.3, 0.4) is 0 Å². The first-order chi connectivity index (χ1) is 7.18. The van der Waals surface area contributed by atoms with Gasteiger partial charge in [0.2, 0.25) is 0 Å². The van der Waals surface area contributed by atoms with E-state index in [1.54, 1.807) is 6.33 Å². The minimum Gasteiger partial charge on any atom is -0.353 e. The normalized spacial score (nSPS) is 26.7. The van der Waals surface area contributed by atoms with Crippen molar-refractivity contribution in [1.82, 2.24) is 9.97 Å². The lowest BCUT2D eigenvalue weighted by Gasteiger charge is -2.37. The fraction of sp³-hybridized carbons (Fsp3) is 0.636. The van der Waals surface area contributed by atoms with Crippen LogP contribution < -0.4 is 4.90 Å². The molecule has 1 saturated heterocycles. The lowest BCUT2D eigenvalue weighted by atomic mass is 10.0. The van der Waals surface area contributed by atoms with Crippen LogP contribution in [0.1, 0.15) is 25.5 Å². The summed E-state index contributed by atoms with van der Waals surface area (Å²) >= 11 is 3.72. The Morgan fingerprint density at radius 1 is 1.47 bits per heavy atom. The molecule has 2 heterocycles. The lowest BCUT2D eigenvalue weighted by molar-refractivity contribution is 0.499. The van der Waals surface area contributed by atoms with E-state index >= 15 is 0 Å². The van der Waals surface area contributed by atoms with Gasteiger partial charge in [0.25, 0.3) is 0 Å². The van der Waals surface area contributed by atoms with Crippen LogP contribution in [0.4, 0.5) is 5.82 Å². The van der Waals surface area contributed by atoms with Crippen molar-refractivity contribution in [3.05, 3.63) is 18.1 Å². The van der Waals surface area contributed by atoms with Gasteiger partial charge in [-0.2, -0.15) is 0 Å². The number of piperidine rings is 1. The SMILES string of the molecule is Cc1cc(N2CCCC(Br)C2C)ncn1. The van der Waals surface area contributed by atoms with E-state index in [-0.39, 0.29) is 0 Å². The van der Waals surface area contributed by atoms with Gasteiger partial charge in [-0.25, -0.2) is 9.97 Å². The van der Waals surface area contributed by atoms with Gasteiger partial charge < -0.3 is 4.90 Å². The van der Waals surface area contributed by atoms with Crippen LogP contribution >= 0.6 is 15.9 Å². The van der Waals surface area contributed by atoms with Crippen molar-refractivity contribution in [2.75, 3.05) is 11.4 Å². The molecule has 15 heavy (non-hydrogen) atoms. The first-order valence-electron chi connectivity index (χ1n) is 5.38. The second kappa shape index (κ2) is 4.47. The maximum Gasteiger partial charge on any atom is 0.132 e. The molecule has 0 amide bonds. The highest BCUT2D eigenvalue weighted by atomic mass is 79.9. The second-order valence-corrected chi connectivity index (χ2v) is 5.29. The minimum atomic E-state index is 0.507. The lowest BCUT2D eigenvalue weighted by Crippen LogP contribution is -2.44. The van der Waals surface area contributed by atoms with Gasteiger partial charge in [-0.05, 0) is 26.7 Å². The Balaban J connectivity index is 2.22. The summed E-state index contributed by atoms with van der Waals surface area (Å²) in [4.78, 5) is 11.4. The molecule has 2 rings (SSSR count). The number of alkyl halides is 1. The number of hydrogen-bond donors (Lipinski definition) is 0. The van der Waals surface area contributed by atoms with Crippen LogP contribution in [0, 0.1) is 6.92 Å². The van der Waals surface area contributed by atoms with E-state index in [4.69, 9.17) is 0 Å². The predicted octanol–water partition coefficient (Wildman–Crippen LogP) is 2.54. The number of nitrogens with zero attached hydrogens (tertiary/aromatic N) is 3. The summed E-state index contributed by atoms with van der Waals surface area (Å²) in [5, 5.41) is 0. The molecule has 0 saturated carbocycles. The second-order valence-electron chi connectivity index (χ2n) is 4.11. The van der Waals surface area contributed by atoms with Gasteiger partial charge in [-0.15, -0.1) is 0 Å². The molecule has 0 aliphatic carbocycles. The molecular formula is C11H16BrN3. The van der Waals surface area contributed by atoms with Crippen molar-refractivity contribution in [3.8, 4) is 0 Å². The van der Waals surface area contributed by atoms with Gasteiger partial charge in [0, 0.05) is 29.2 Å². The van der Waals surface area contributed by atoms with Gasteiger partial charge >= 0.3 is 0 Å². The van der Waals surface area contributed by atoms with E-state index in [1.807, 2.05) is 6.92 Å². The molecular weight excluding hydrogens is 254 g/mol. The summed E-state index contributed by atoms with van der Waals surface area (Å²) in [6.07, 6.45) is 4.13. The number of halogens is 1. The Bertz CT molecular complexity index is 342. The van der Waals surface area contributed by atoms with E-state index in [9.17, 15) is 0 Å². The Morgan fingerprint density at radius 2 is 2.27 bits per heavy atom. The molecule has 2 unspecified atom stereocenters. The fourth-order valence-electron chi connectivity index (χ4n) is 2.02. The standard InChI is InChI=1S/C11H16BrN3/c1-8-6-11(14-7-13-8)15-5-3-4-10(12)9(15)2/h6-7,9-10H,3-5H2,1-2H3. The van der Waals surface area contributed by atoms with E-state index in [0.29, 0.717) is 10.9 Å². The van der Waals surface area contributed by atoms with E-state index in [1.165, 1.54) is 12.8 Å². The van der Waals surface area contributed by atoms with Crippen molar-refractivity contribution in [1.29, 1.82) is 0 Å². The first-order valence-corrected chi connectivity index (χ1v) is 6.29. The molecule has 3 nitrogen and oxygen atoms in total. The van der Waals surface area contributed by atoms with E-state index < -0.39 is 0 Å². The largest absolute Gasteiger partial charge is 0.353 e. The van der Waals surface area contributed by atoms with Crippen LogP contribution in [-0.4, -0.2) is 27.4 Å². The molecule has 0 N–H and O–H groups in total. The number of aryl methyl sites for hydroxylation is 1. The van der Waals surface area contributed by atoms with Gasteiger partial charge in [0.1, 0.15) is 12.1 Å². The number of hydrogen-bond acceptors (Lipinski definition) is 3. The van der Waals surface area contributed by atoms with Crippen LogP contribution in [0.15, 0.2) is 12.4 Å². The van der Waals surface area contributed by atoms with Crippen LogP contribution in [-0.2, 0) is 0 Å². The third-order valence-electron chi connectivity index (χ3n) is 2.98. The zero-order valence-electron chi connectivity index (χ0n) is 9.15. The maximum absolute atomic E-state index is 4.34. The highest BCUT2D eigenvalue weighted by Crippen LogP contribution is 2.27. The molecule has 82 valence electrons. The van der Waals surface area contributed by atoms with Gasteiger partial charge in [0.05, 0.1) is 0 Å². The molecule has 1 aliphatic rings. The fourth-order valence-corrected chi connectivity index (χ4v) is 2.63. The molecule has 0 radical (unpaired) electrons. The zero-order chi connectivity index (χ0) is 10.8. The summed E-state index contributed by atoms with van der Waals surface area (Å²) in [7, 11) is 0. The molecule has 1 aromatic rings. The highest BCUT2D eigenvalue weighted by Gasteiger charge is 2.26. The summed E-state index contributed by atoms with van der Waals surface area (Å²) < 4.78 is 0. The molecule has 0 bridgehead atoms. The van der Waals surface area contributed by atoms with Crippen LogP contribution in [0.2, 0.25) is 0 Å². The Labute approximate surface area is 99.0 Å². The smallest absolute Gasteiger partial charge is 0.132 e. The van der Waals surface area contributed by atoms with Crippen LogP contribution in [0.25, 0.3) is 0 Å². The average molecular weight is 270 g/mol. The van der Waals surface area contributed by atoms with Crippen molar-refractivity contribution in [2.24, 2.45) is 0 Å². The Morgan fingerprint density at radius 3 is 3.00 bits per heavy atom. The maximum atomic E-state index is 4.34. The number of aromatic nitrogens is 2. The first kappa shape index (κ1) is 10.9. The highest BCUT2D eigenvalue weighted by molar-refractivity contribution is 9.09. The van der Waals surface area contributed by atoms with E-state index in [2.05, 4.69) is 43.8 Å². The summed E-state index contributed by atoms with van der Waals surface area (Å²) in [5.74, 6) is 1.05. The third kappa shape index (κ3) is 2.30. The van der Waals surface area contributed by atoms with Crippen molar-refractivity contribution in [2.45, 2.75) is 37.6 Å². The summed E-state index contributed by atoms with van der Waals surface area (Å²) in [5.41, 5.74) is 1.03. The van der Waals surface area contributed by atoms with E-state index in [0.717, 1.165) is 18.1 Å². The molecule has 1 fully saturated rings. The summed E-state index contributed by atoms with van der Waals surface area (Å²) in [6, 6.07) is 2.56. The molecule has 1 aliphatic heterocycles. The van der Waals surface area contributed by atoms with Crippen molar-refractivity contribution >= 4 is 21.7 Å². The molecule has 0 aromatic carbocycles. The van der Waals surface area contributed by atoms with Crippen molar-refractivity contribution in [3.63, 3.8) is 0 Å². The Kier molecular flexibility index (Phi) is 3.24. The topological polar surface area (TPSA) is 29.0 Å². The zero-order valence-corrected chi connectivity index (χ0v) is 10.7. The average Bonchev–Trinajstić information content (AvgIpc) is 2.22. The predicted molar refractivity (Wildman–Crippen MR) is 65.5 cm³/mol. The molecule has 2 atom stereocenters. The molecule has 4 heteroatoms. The Hall–Kier alpha value is -0.640.